The van der Waals surface area contributed by atoms with Crippen LogP contribution in [0.3, 0.4) is 0 Å². The second-order valence-electron chi connectivity index (χ2n) is 3.77. The Morgan fingerprint density at radius 1 is 1.62 bits per heavy atom. The second-order valence-corrected chi connectivity index (χ2v) is 4.81. The van der Waals surface area contributed by atoms with Crippen molar-refractivity contribution in [1.82, 2.24) is 0 Å². The van der Waals surface area contributed by atoms with E-state index >= 15 is 0 Å². The molecular formula is C10H11FN2O2S. The maximum Gasteiger partial charge on any atom is 0.214 e. The maximum absolute atomic E-state index is 13.5. The second kappa shape index (κ2) is 3.95. The zero-order valence-electron chi connectivity index (χ0n) is 8.64. The molecule has 2 N–H and O–H groups in total. The van der Waals surface area contributed by atoms with E-state index in [0.717, 1.165) is 5.56 Å². The molecule has 86 valence electrons. The number of anilines is 1. The summed E-state index contributed by atoms with van der Waals surface area (Å²) in [6.45, 7) is 1.87. The molecule has 0 saturated heterocycles. The summed E-state index contributed by atoms with van der Waals surface area (Å²) >= 11 is 0. The minimum Gasteiger partial charge on any atom is -0.312 e. The highest BCUT2D eigenvalue weighted by Gasteiger charge is 2.27. The van der Waals surface area contributed by atoms with E-state index in [9.17, 15) is 13.4 Å². The van der Waals surface area contributed by atoms with E-state index in [1.807, 2.05) is 6.92 Å². The summed E-state index contributed by atoms with van der Waals surface area (Å²) in [6, 6.07) is 2.68. The third kappa shape index (κ3) is 1.64. The molecule has 1 amide bonds. The maximum atomic E-state index is 13.5. The molecule has 1 aromatic carbocycles. The smallest absolute Gasteiger partial charge is 0.214 e. The van der Waals surface area contributed by atoms with Crippen molar-refractivity contribution in [1.29, 1.82) is 0 Å². The predicted molar refractivity (Wildman–Crippen MR) is 58.7 cm³/mol. The van der Waals surface area contributed by atoms with Gasteiger partial charge >= 0.3 is 0 Å². The summed E-state index contributed by atoms with van der Waals surface area (Å²) in [4.78, 5) is 12.3. The van der Waals surface area contributed by atoms with Gasteiger partial charge in [0.15, 0.2) is 0 Å². The number of amides is 1. The molecule has 1 aliphatic rings. The topological polar surface area (TPSA) is 63.4 Å². The molecule has 4 nitrogen and oxygen atoms in total. The van der Waals surface area contributed by atoms with Gasteiger partial charge in [-0.1, -0.05) is 0 Å². The van der Waals surface area contributed by atoms with Crippen molar-refractivity contribution >= 4 is 23.1 Å². The summed E-state index contributed by atoms with van der Waals surface area (Å²) in [7, 11) is -1.88. The SMILES string of the molecule is CC1Cc2cc(F)c(S(N)=O)cc2N1C=O. The lowest BCUT2D eigenvalue weighted by atomic mass is 10.1. The predicted octanol–water partition coefficient (Wildman–Crippen LogP) is 0.714. The van der Waals surface area contributed by atoms with Gasteiger partial charge in [0.25, 0.3) is 0 Å². The van der Waals surface area contributed by atoms with Crippen LogP contribution in [0.15, 0.2) is 17.0 Å². The van der Waals surface area contributed by atoms with Crippen molar-refractivity contribution in [3.63, 3.8) is 0 Å². The zero-order valence-corrected chi connectivity index (χ0v) is 9.46. The normalized spacial score (nSPS) is 20.7. The van der Waals surface area contributed by atoms with Gasteiger partial charge in [-0.05, 0) is 31.0 Å². The standard InChI is InChI=1S/C10H11FN2O2S/c1-6-2-7-3-8(11)10(16(12)15)4-9(7)13(6)5-14/h3-6H,2,12H2,1H3. The van der Waals surface area contributed by atoms with Crippen LogP contribution in [0.2, 0.25) is 0 Å². The van der Waals surface area contributed by atoms with Crippen LogP contribution in [0, 0.1) is 5.82 Å². The number of fused-ring (bicyclic) bond motifs is 1. The van der Waals surface area contributed by atoms with Crippen LogP contribution in [-0.2, 0) is 22.2 Å². The van der Waals surface area contributed by atoms with E-state index in [0.29, 0.717) is 18.5 Å². The van der Waals surface area contributed by atoms with E-state index < -0.39 is 16.8 Å². The van der Waals surface area contributed by atoms with Crippen LogP contribution >= 0.6 is 0 Å². The van der Waals surface area contributed by atoms with Gasteiger partial charge in [-0.25, -0.2) is 13.7 Å². The highest BCUT2D eigenvalue weighted by atomic mass is 32.2. The Labute approximate surface area is 94.8 Å². The van der Waals surface area contributed by atoms with Gasteiger partial charge in [0.2, 0.25) is 6.41 Å². The Hall–Kier alpha value is -1.27. The number of carbonyl (C=O) groups excluding carboxylic acids is 1. The monoisotopic (exact) mass is 242 g/mol. The quantitative estimate of drug-likeness (QED) is 0.776. The van der Waals surface area contributed by atoms with E-state index in [-0.39, 0.29) is 10.9 Å². The molecule has 0 saturated carbocycles. The molecule has 2 atom stereocenters. The summed E-state index contributed by atoms with van der Waals surface area (Å²) in [6.07, 6.45) is 1.29. The van der Waals surface area contributed by atoms with Crippen LogP contribution in [0.5, 0.6) is 0 Å². The first kappa shape index (κ1) is 11.2. The Bertz CT molecular complexity index is 478. The van der Waals surface area contributed by atoms with Gasteiger partial charge < -0.3 is 4.90 Å². The number of nitrogens with two attached hydrogens (primary N) is 1. The molecule has 0 spiro atoms. The Balaban J connectivity index is 2.57. The van der Waals surface area contributed by atoms with Crippen molar-refractivity contribution in [2.24, 2.45) is 5.14 Å². The molecule has 0 radical (unpaired) electrons. The number of rotatable bonds is 2. The van der Waals surface area contributed by atoms with Crippen molar-refractivity contribution in [2.75, 3.05) is 4.90 Å². The van der Waals surface area contributed by atoms with E-state index in [1.165, 1.54) is 17.0 Å². The van der Waals surface area contributed by atoms with Crippen molar-refractivity contribution in [2.45, 2.75) is 24.3 Å². The summed E-state index contributed by atoms with van der Waals surface area (Å²) < 4.78 is 24.6. The van der Waals surface area contributed by atoms with Gasteiger partial charge in [0.05, 0.1) is 4.90 Å². The minimum atomic E-state index is -1.88. The Morgan fingerprint density at radius 3 is 2.88 bits per heavy atom. The van der Waals surface area contributed by atoms with E-state index in [1.54, 1.807) is 0 Å². The average Bonchev–Trinajstić information content (AvgIpc) is 2.50. The highest BCUT2D eigenvalue weighted by Crippen LogP contribution is 2.33. The third-order valence-electron chi connectivity index (χ3n) is 2.73. The largest absolute Gasteiger partial charge is 0.312 e. The van der Waals surface area contributed by atoms with Gasteiger partial charge in [-0.2, -0.15) is 0 Å². The first-order chi connectivity index (χ1) is 7.54. The summed E-state index contributed by atoms with van der Waals surface area (Å²) in [5, 5.41) is 5.16. The lowest BCUT2D eigenvalue weighted by molar-refractivity contribution is -0.107. The van der Waals surface area contributed by atoms with Crippen LogP contribution in [-0.4, -0.2) is 16.7 Å². The highest BCUT2D eigenvalue weighted by molar-refractivity contribution is 7.82. The molecule has 2 rings (SSSR count). The Kier molecular flexibility index (Phi) is 2.77. The number of hydrogen-bond donors (Lipinski definition) is 1. The molecule has 1 aromatic rings. The molecule has 6 heteroatoms. The van der Waals surface area contributed by atoms with Crippen molar-refractivity contribution in [3.8, 4) is 0 Å². The molecule has 2 unspecified atom stereocenters. The zero-order chi connectivity index (χ0) is 11.9. The molecule has 0 bridgehead atoms. The molecule has 0 aliphatic carbocycles. The van der Waals surface area contributed by atoms with Gasteiger partial charge in [0.1, 0.15) is 16.8 Å². The lowest BCUT2D eigenvalue weighted by Gasteiger charge is -2.16. The molecule has 1 aliphatic heterocycles. The fraction of sp³-hybridized carbons (Fsp3) is 0.300. The fourth-order valence-electron chi connectivity index (χ4n) is 1.96. The average molecular weight is 242 g/mol. The van der Waals surface area contributed by atoms with Crippen LogP contribution in [0.4, 0.5) is 10.1 Å². The lowest BCUT2D eigenvalue weighted by Crippen LogP contribution is -2.27. The number of carbonyl (C=O) groups is 1. The number of benzene rings is 1. The molecule has 0 aromatic heterocycles. The summed E-state index contributed by atoms with van der Waals surface area (Å²) in [5.74, 6) is -0.584. The summed E-state index contributed by atoms with van der Waals surface area (Å²) in [5.41, 5.74) is 1.34. The number of hydrogen-bond acceptors (Lipinski definition) is 2. The minimum absolute atomic E-state index is 0.00615. The van der Waals surface area contributed by atoms with E-state index in [4.69, 9.17) is 5.14 Å². The Morgan fingerprint density at radius 2 is 2.31 bits per heavy atom. The first-order valence-corrected chi connectivity index (χ1v) is 5.98. The van der Waals surface area contributed by atoms with Gasteiger partial charge in [0, 0.05) is 11.7 Å². The number of halogens is 1. The fourth-order valence-corrected chi connectivity index (χ4v) is 2.44. The van der Waals surface area contributed by atoms with E-state index in [2.05, 4.69) is 0 Å². The third-order valence-corrected chi connectivity index (χ3v) is 3.48. The van der Waals surface area contributed by atoms with Crippen LogP contribution < -0.4 is 10.0 Å². The molecular weight excluding hydrogens is 231 g/mol. The van der Waals surface area contributed by atoms with Crippen LogP contribution in [0.1, 0.15) is 12.5 Å². The molecule has 0 fully saturated rings. The first-order valence-electron chi connectivity index (χ1n) is 4.77. The van der Waals surface area contributed by atoms with Gasteiger partial charge in [-0.15, -0.1) is 0 Å². The number of nitrogens with zero attached hydrogens (tertiary/aromatic N) is 1. The molecule has 1 heterocycles. The van der Waals surface area contributed by atoms with Crippen molar-refractivity contribution < 1.29 is 13.4 Å². The van der Waals surface area contributed by atoms with Gasteiger partial charge in [-0.3, -0.25) is 4.79 Å². The molecule has 16 heavy (non-hydrogen) atoms. The van der Waals surface area contributed by atoms with Crippen molar-refractivity contribution in [3.05, 3.63) is 23.5 Å². The van der Waals surface area contributed by atoms with Crippen LogP contribution in [0.25, 0.3) is 0 Å².